The minimum atomic E-state index is -0.351. The predicted molar refractivity (Wildman–Crippen MR) is 95.8 cm³/mol. The number of dihydropyridines is 1. The van der Waals surface area contributed by atoms with E-state index in [0.717, 1.165) is 39.8 Å². The van der Waals surface area contributed by atoms with Crippen LogP contribution in [0, 0.1) is 0 Å². The van der Waals surface area contributed by atoms with E-state index in [9.17, 15) is 9.59 Å². The first-order chi connectivity index (χ1) is 11.4. The Morgan fingerprint density at radius 1 is 1.33 bits per heavy atom. The van der Waals surface area contributed by atoms with E-state index in [1.807, 2.05) is 25.1 Å². The van der Waals surface area contributed by atoms with E-state index in [1.165, 1.54) is 0 Å². The lowest BCUT2D eigenvalue weighted by Crippen LogP contribution is -2.33. The van der Waals surface area contributed by atoms with Crippen LogP contribution in [0.15, 0.2) is 45.2 Å². The zero-order chi connectivity index (χ0) is 17.4. The van der Waals surface area contributed by atoms with Crippen molar-refractivity contribution in [1.29, 1.82) is 0 Å². The van der Waals surface area contributed by atoms with E-state index in [2.05, 4.69) is 21.2 Å². The molecule has 1 N–H and O–H groups in total. The van der Waals surface area contributed by atoms with Gasteiger partial charge in [-0.1, -0.05) is 15.9 Å². The summed E-state index contributed by atoms with van der Waals surface area (Å²) in [6.07, 6.45) is 2.21. The molecule has 1 aliphatic carbocycles. The number of nitrogens with one attached hydrogen (secondary N) is 1. The fourth-order valence-corrected chi connectivity index (χ4v) is 4.11. The number of hydrogen-bond acceptors (Lipinski definition) is 4. The predicted octanol–water partition coefficient (Wildman–Crippen LogP) is 4.01. The van der Waals surface area contributed by atoms with Crippen LogP contribution in [-0.2, 0) is 9.59 Å². The van der Waals surface area contributed by atoms with Crippen LogP contribution in [0.5, 0.6) is 5.75 Å². The smallest absolute Gasteiger partial charge is 0.161 e. The summed E-state index contributed by atoms with van der Waals surface area (Å²) in [5.41, 5.74) is 4.05. The topological polar surface area (TPSA) is 55.4 Å². The quantitative estimate of drug-likeness (QED) is 0.847. The van der Waals surface area contributed by atoms with Gasteiger partial charge in [0.25, 0.3) is 0 Å². The summed E-state index contributed by atoms with van der Waals surface area (Å²) >= 11 is 3.58. The molecule has 0 spiro atoms. The van der Waals surface area contributed by atoms with Crippen LogP contribution >= 0.6 is 15.9 Å². The van der Waals surface area contributed by atoms with Crippen molar-refractivity contribution in [2.45, 2.75) is 39.0 Å². The second kappa shape index (κ2) is 6.55. The number of carbonyl (C=O) groups is 2. The Morgan fingerprint density at radius 3 is 2.75 bits per heavy atom. The van der Waals surface area contributed by atoms with Crippen molar-refractivity contribution in [3.05, 3.63) is 50.8 Å². The Kier molecular flexibility index (Phi) is 4.63. The van der Waals surface area contributed by atoms with Crippen molar-refractivity contribution in [3.8, 4) is 5.75 Å². The van der Waals surface area contributed by atoms with E-state index in [1.54, 1.807) is 14.0 Å². The zero-order valence-corrected chi connectivity index (χ0v) is 15.6. The van der Waals surface area contributed by atoms with Crippen molar-refractivity contribution in [1.82, 2.24) is 5.32 Å². The molecule has 4 nitrogen and oxygen atoms in total. The highest BCUT2D eigenvalue weighted by Crippen LogP contribution is 2.45. The molecular formula is C19H20BrNO3. The summed E-state index contributed by atoms with van der Waals surface area (Å²) in [7, 11) is 1.61. The SMILES string of the molecule is COc1ccc(Br)c([C@@H]2C(C(C)=O)=C(C)NC3=C2C(=O)CCC3)c1. The largest absolute Gasteiger partial charge is 0.497 e. The van der Waals surface area contributed by atoms with Crippen molar-refractivity contribution in [2.75, 3.05) is 7.11 Å². The van der Waals surface area contributed by atoms with E-state index in [-0.39, 0.29) is 17.5 Å². The molecule has 0 fully saturated rings. The number of hydrogen-bond donors (Lipinski definition) is 1. The minimum Gasteiger partial charge on any atom is -0.497 e. The third-order valence-corrected chi connectivity index (χ3v) is 5.39. The van der Waals surface area contributed by atoms with Crippen LogP contribution in [0.2, 0.25) is 0 Å². The maximum atomic E-state index is 12.7. The van der Waals surface area contributed by atoms with Crippen molar-refractivity contribution >= 4 is 27.5 Å². The average molecular weight is 390 g/mol. The standard InChI is InChI=1S/C19H20BrNO3/c1-10-17(11(2)22)18(13-9-12(24-3)7-8-14(13)20)19-15(21-10)5-4-6-16(19)23/h7-9,18,21H,4-6H2,1-3H3/t18-/m1/s1. The number of allylic oxidation sites excluding steroid dienone is 4. The number of rotatable bonds is 3. The van der Waals surface area contributed by atoms with Crippen LogP contribution in [0.1, 0.15) is 44.6 Å². The van der Waals surface area contributed by atoms with E-state index >= 15 is 0 Å². The Hall–Kier alpha value is -1.88. The molecule has 0 aromatic heterocycles. The lowest BCUT2D eigenvalue weighted by molar-refractivity contribution is -0.116. The van der Waals surface area contributed by atoms with Crippen LogP contribution in [-0.4, -0.2) is 18.7 Å². The molecule has 1 aromatic rings. The first kappa shape index (κ1) is 17.0. The number of benzene rings is 1. The van der Waals surface area contributed by atoms with Gasteiger partial charge in [0.15, 0.2) is 11.6 Å². The molecule has 5 heteroatoms. The molecule has 0 unspecified atom stereocenters. The fraction of sp³-hybridized carbons (Fsp3) is 0.368. The lowest BCUT2D eigenvalue weighted by Gasteiger charge is -2.34. The van der Waals surface area contributed by atoms with E-state index in [4.69, 9.17) is 4.74 Å². The Morgan fingerprint density at radius 2 is 2.08 bits per heavy atom. The molecule has 3 rings (SSSR count). The number of ether oxygens (including phenoxy) is 1. The van der Waals surface area contributed by atoms with Gasteiger partial charge < -0.3 is 10.1 Å². The second-order valence-corrected chi connectivity index (χ2v) is 7.06. The van der Waals surface area contributed by atoms with Crippen molar-refractivity contribution in [3.63, 3.8) is 0 Å². The van der Waals surface area contributed by atoms with Gasteiger partial charge >= 0.3 is 0 Å². The van der Waals surface area contributed by atoms with E-state index in [0.29, 0.717) is 17.7 Å². The molecule has 0 amide bonds. The third kappa shape index (κ3) is 2.81. The summed E-state index contributed by atoms with van der Waals surface area (Å²) in [4.78, 5) is 25.0. The monoisotopic (exact) mass is 389 g/mol. The van der Waals surface area contributed by atoms with Gasteiger partial charge in [-0.15, -0.1) is 0 Å². The van der Waals surface area contributed by atoms with Crippen LogP contribution in [0.25, 0.3) is 0 Å². The van der Waals surface area contributed by atoms with Crippen LogP contribution in [0.4, 0.5) is 0 Å². The molecule has 1 heterocycles. The van der Waals surface area contributed by atoms with Gasteiger partial charge in [0.1, 0.15) is 5.75 Å². The Balaban J connectivity index is 2.25. The second-order valence-electron chi connectivity index (χ2n) is 6.21. The minimum absolute atomic E-state index is 0.0235. The molecule has 24 heavy (non-hydrogen) atoms. The summed E-state index contributed by atoms with van der Waals surface area (Å²) in [6, 6.07) is 5.66. The normalized spacial score (nSPS) is 20.7. The molecule has 126 valence electrons. The van der Waals surface area contributed by atoms with Gasteiger partial charge in [-0.25, -0.2) is 0 Å². The Labute approximate surface area is 150 Å². The molecule has 2 aliphatic rings. The Bertz CT molecular complexity index is 792. The molecule has 1 aromatic carbocycles. The van der Waals surface area contributed by atoms with Gasteiger partial charge in [0.2, 0.25) is 0 Å². The fourth-order valence-electron chi connectivity index (χ4n) is 3.63. The highest BCUT2D eigenvalue weighted by molar-refractivity contribution is 9.10. The molecule has 1 atom stereocenters. The first-order valence-electron chi connectivity index (χ1n) is 8.02. The number of ketones is 2. The molecule has 0 saturated heterocycles. The third-order valence-electron chi connectivity index (χ3n) is 4.67. The van der Waals surface area contributed by atoms with Gasteiger partial charge in [0.05, 0.1) is 7.11 Å². The van der Waals surface area contributed by atoms with E-state index < -0.39 is 0 Å². The summed E-state index contributed by atoms with van der Waals surface area (Å²) in [6.45, 7) is 3.46. The zero-order valence-electron chi connectivity index (χ0n) is 14.0. The maximum absolute atomic E-state index is 12.7. The van der Waals surface area contributed by atoms with Crippen molar-refractivity contribution in [2.24, 2.45) is 0 Å². The lowest BCUT2D eigenvalue weighted by atomic mass is 9.74. The molecule has 0 radical (unpaired) electrons. The van der Waals surface area contributed by atoms with Crippen LogP contribution < -0.4 is 10.1 Å². The molecule has 1 aliphatic heterocycles. The van der Waals surface area contributed by atoms with Gasteiger partial charge in [-0.05, 0) is 50.5 Å². The number of Topliss-reactive ketones (excluding diaryl/α,β-unsaturated/α-hetero) is 2. The highest BCUT2D eigenvalue weighted by atomic mass is 79.9. The summed E-state index contributed by atoms with van der Waals surface area (Å²) < 4.78 is 6.22. The molecule has 0 saturated carbocycles. The number of carbonyl (C=O) groups excluding carboxylic acids is 2. The van der Waals surface area contributed by atoms with Gasteiger partial charge in [-0.2, -0.15) is 0 Å². The maximum Gasteiger partial charge on any atom is 0.161 e. The summed E-state index contributed by atoms with van der Waals surface area (Å²) in [5, 5.41) is 3.30. The number of methoxy groups -OCH3 is 1. The van der Waals surface area contributed by atoms with Crippen molar-refractivity contribution < 1.29 is 14.3 Å². The average Bonchev–Trinajstić information content (AvgIpc) is 2.54. The molecule has 0 bridgehead atoms. The van der Waals surface area contributed by atoms with Gasteiger partial charge in [-0.3, -0.25) is 9.59 Å². The summed E-state index contributed by atoms with van der Waals surface area (Å²) in [5.74, 6) is 0.452. The van der Waals surface area contributed by atoms with Crippen LogP contribution in [0.3, 0.4) is 0 Å². The first-order valence-corrected chi connectivity index (χ1v) is 8.81. The highest BCUT2D eigenvalue weighted by Gasteiger charge is 2.38. The van der Waals surface area contributed by atoms with Gasteiger partial charge in [0, 0.05) is 39.4 Å². The molecular weight excluding hydrogens is 370 g/mol. The number of halogens is 1.